The molecule has 12 nitrogen and oxygen atoms in total. The molecule has 1 unspecified atom stereocenters. The molecule has 0 aromatic carbocycles. The molecule has 0 aliphatic heterocycles. The summed E-state index contributed by atoms with van der Waals surface area (Å²) >= 11 is 0. The Balaban J connectivity index is 6.43. The minimum atomic E-state index is -2.88. The Morgan fingerprint density at radius 1 is 0.297 bits per heavy atom. The maximum absolute atomic E-state index is 10.5. The van der Waals surface area contributed by atoms with Crippen LogP contribution in [0.4, 0.5) is 0 Å². The van der Waals surface area contributed by atoms with Crippen LogP contribution in [-0.4, -0.2) is 132 Å². The zero-order valence-corrected chi connectivity index (χ0v) is 62.6. The molecule has 0 spiro atoms. The van der Waals surface area contributed by atoms with E-state index in [0.717, 1.165) is 42.7 Å². The fourth-order valence-electron chi connectivity index (χ4n) is 9.41. The SMILES string of the molecule is C[SiH](C)O[Si](C)(C)O[Si](C)(C)O[Si](C)(C)CCC[Si](C)(O[Si](C)(C)O[Si](C)(C)CC[Si](C)(C)O[Si](C)(C)O[Si](C)(C)C)O[Si](C)(C)O[Si](C)(C)CC[Si](C)(C)O[Si](C)(C)O[Si](C)(C)O. The van der Waals surface area contributed by atoms with Crippen molar-refractivity contribution in [2.24, 2.45) is 0 Å². The molecule has 27 heteroatoms. The predicted octanol–water partition coefficient (Wildman–Crippen LogP) is 13.4. The van der Waals surface area contributed by atoms with E-state index in [1.54, 1.807) is 0 Å². The molecular formula is C37H106O12Si15. The summed E-state index contributed by atoms with van der Waals surface area (Å²) in [7, 11) is -34.0. The van der Waals surface area contributed by atoms with E-state index in [9.17, 15) is 4.80 Å². The van der Waals surface area contributed by atoms with E-state index >= 15 is 0 Å². The van der Waals surface area contributed by atoms with Gasteiger partial charge in [0.1, 0.15) is 0 Å². The molecule has 1 N–H and O–H groups in total. The van der Waals surface area contributed by atoms with Gasteiger partial charge >= 0.3 is 68.5 Å². The van der Waals surface area contributed by atoms with Gasteiger partial charge in [0.25, 0.3) is 0 Å². The van der Waals surface area contributed by atoms with E-state index in [1.165, 1.54) is 0 Å². The van der Waals surface area contributed by atoms with Gasteiger partial charge in [-0.2, -0.15) is 0 Å². The molecule has 0 aliphatic carbocycles. The fourth-order valence-corrected chi connectivity index (χ4v) is 82.9. The number of hydrogen-bond acceptors (Lipinski definition) is 12. The summed E-state index contributed by atoms with van der Waals surface area (Å²) in [4.78, 5) is 10.5. The van der Waals surface area contributed by atoms with Gasteiger partial charge in [-0.25, -0.2) is 0 Å². The smallest absolute Gasteiger partial charge is 0.320 e. The van der Waals surface area contributed by atoms with Gasteiger partial charge < -0.3 is 50.1 Å². The highest BCUT2D eigenvalue weighted by Gasteiger charge is 2.50. The third kappa shape index (κ3) is 32.7. The maximum Gasteiger partial charge on any atom is 0.320 e. The highest BCUT2D eigenvalue weighted by Crippen LogP contribution is 2.36. The zero-order chi connectivity index (χ0) is 51.3. The maximum atomic E-state index is 10.5. The van der Waals surface area contributed by atoms with E-state index < -0.39 is 127 Å². The summed E-state index contributed by atoms with van der Waals surface area (Å²) < 4.78 is 75.9. The standard InChI is InChI=1S/C37H106O12Si15/c1-50(2)39-58(18,19)47-61(24,25)41-52(6,7)32-31-33-64(30,48-62(26,27)44-55(12,13)36-34-53(8,9)42-59(20,21)40-51(3,4)5)49-63(28,29)45-56(14,15)37-35-54(10,11)43-60(22,23)46-57(16,17)38/h38,50H,31-37H2,1-30H3. The van der Waals surface area contributed by atoms with E-state index in [4.69, 9.17) is 45.3 Å². The lowest BCUT2D eigenvalue weighted by molar-refractivity contribution is 0.290. The highest BCUT2D eigenvalue weighted by molar-refractivity contribution is 6.93. The predicted molar refractivity (Wildman–Crippen MR) is 311 cm³/mol. The van der Waals surface area contributed by atoms with Crippen molar-refractivity contribution in [3.63, 3.8) is 0 Å². The lowest BCUT2D eigenvalue weighted by atomic mass is 10.6. The molecule has 0 bridgehead atoms. The second-order valence-corrected chi connectivity index (χ2v) is 83.9. The molecule has 0 aromatic rings. The van der Waals surface area contributed by atoms with Crippen molar-refractivity contribution >= 4 is 127 Å². The molecule has 0 heterocycles. The van der Waals surface area contributed by atoms with Crippen LogP contribution in [0.25, 0.3) is 0 Å². The largest absolute Gasteiger partial charge is 0.440 e. The Morgan fingerprint density at radius 3 is 0.844 bits per heavy atom. The van der Waals surface area contributed by atoms with Gasteiger partial charge in [0, 0.05) is 0 Å². The molecular weight excluding hydrogens is 1060 g/mol. The molecule has 0 rings (SSSR count). The Kier molecular flexibility index (Phi) is 24.8. The van der Waals surface area contributed by atoms with Gasteiger partial charge in [-0.05, 0) is 233 Å². The third-order valence-electron chi connectivity index (χ3n) is 9.66. The monoisotopic (exact) mass is 1160 g/mol. The average Bonchev–Trinajstić information content (AvgIpc) is 2.87. The van der Waals surface area contributed by atoms with Crippen molar-refractivity contribution in [3.8, 4) is 0 Å². The minimum absolute atomic E-state index is 0.837. The van der Waals surface area contributed by atoms with Gasteiger partial charge in [0.2, 0.25) is 0 Å². The molecule has 386 valence electrons. The topological polar surface area (TPSA) is 122 Å². The highest BCUT2D eigenvalue weighted by atomic mass is 28.5. The average molecular weight is 1160 g/mol. The van der Waals surface area contributed by atoms with Crippen molar-refractivity contribution in [1.29, 1.82) is 0 Å². The van der Waals surface area contributed by atoms with Crippen LogP contribution in [0.15, 0.2) is 0 Å². The van der Waals surface area contributed by atoms with Gasteiger partial charge in [0.05, 0.1) is 0 Å². The lowest BCUT2D eigenvalue weighted by Gasteiger charge is -2.45. The summed E-state index contributed by atoms with van der Waals surface area (Å²) in [6, 6.07) is 5.80. The Morgan fingerprint density at radius 2 is 0.562 bits per heavy atom. The normalized spacial score (nSPS) is 16.5. The molecule has 0 radical (unpaired) electrons. The van der Waals surface area contributed by atoms with Crippen LogP contribution in [0.2, 0.25) is 233 Å². The summed E-state index contributed by atoms with van der Waals surface area (Å²) in [5.41, 5.74) is 0. The van der Waals surface area contributed by atoms with Crippen LogP contribution < -0.4 is 0 Å². The van der Waals surface area contributed by atoms with E-state index in [-0.39, 0.29) is 0 Å². The number of rotatable bonds is 32. The van der Waals surface area contributed by atoms with Crippen LogP contribution in [0.3, 0.4) is 0 Å². The van der Waals surface area contributed by atoms with Crippen LogP contribution in [-0.2, 0) is 45.3 Å². The van der Waals surface area contributed by atoms with Crippen LogP contribution >= 0.6 is 0 Å². The Bertz CT molecular complexity index is 1360. The number of hydrogen-bond donors (Lipinski definition) is 1. The molecule has 0 amide bonds. The molecule has 0 saturated heterocycles. The van der Waals surface area contributed by atoms with Crippen molar-refractivity contribution in [3.05, 3.63) is 0 Å². The van der Waals surface area contributed by atoms with Crippen LogP contribution in [0.5, 0.6) is 0 Å². The van der Waals surface area contributed by atoms with Crippen molar-refractivity contribution in [1.82, 2.24) is 0 Å². The summed E-state index contributed by atoms with van der Waals surface area (Å²) in [6.45, 7) is 66.4. The molecule has 64 heavy (non-hydrogen) atoms. The summed E-state index contributed by atoms with van der Waals surface area (Å²) in [6.07, 6.45) is 0.946. The molecule has 1 atom stereocenters. The van der Waals surface area contributed by atoms with Gasteiger partial charge in [-0.1, -0.05) is 6.42 Å². The molecule has 0 saturated carbocycles. The minimum Gasteiger partial charge on any atom is -0.440 e. The van der Waals surface area contributed by atoms with E-state index in [2.05, 4.69) is 183 Å². The van der Waals surface area contributed by atoms with E-state index in [0.29, 0.717) is 0 Å². The van der Waals surface area contributed by atoms with E-state index in [1.807, 2.05) is 13.1 Å². The Hall–Kier alpha value is 2.77. The van der Waals surface area contributed by atoms with Gasteiger partial charge in [-0.15, -0.1) is 0 Å². The van der Waals surface area contributed by atoms with Crippen LogP contribution in [0.1, 0.15) is 6.42 Å². The summed E-state index contributed by atoms with van der Waals surface area (Å²) in [5, 5.41) is 0. The van der Waals surface area contributed by atoms with Crippen molar-refractivity contribution in [2.75, 3.05) is 0 Å². The lowest BCUT2D eigenvalue weighted by Crippen LogP contribution is -2.60. The van der Waals surface area contributed by atoms with Crippen molar-refractivity contribution < 1.29 is 50.1 Å². The van der Waals surface area contributed by atoms with Crippen LogP contribution in [0, 0.1) is 0 Å². The molecule has 0 aromatic heterocycles. The first kappa shape index (κ1) is 66.8. The fraction of sp³-hybridized carbons (Fsp3) is 1.00. The van der Waals surface area contributed by atoms with Gasteiger partial charge in [0.15, 0.2) is 58.9 Å². The third-order valence-corrected chi connectivity index (χ3v) is 64.0. The first-order valence-electron chi connectivity index (χ1n) is 24.0. The zero-order valence-electron chi connectivity index (χ0n) is 47.5. The summed E-state index contributed by atoms with van der Waals surface area (Å²) in [5.74, 6) is 0. The first-order chi connectivity index (χ1) is 27.6. The second-order valence-electron chi connectivity index (χ2n) is 25.9. The second kappa shape index (κ2) is 23.8. The quantitative estimate of drug-likeness (QED) is 0.0646. The van der Waals surface area contributed by atoms with Gasteiger partial charge in [-0.3, -0.25) is 0 Å². The molecule has 0 fully saturated rings. The van der Waals surface area contributed by atoms with Crippen molar-refractivity contribution in [2.45, 2.75) is 239 Å². The first-order valence-corrected chi connectivity index (χ1v) is 68.1. The molecule has 0 aliphatic rings. The Labute approximate surface area is 413 Å².